The smallest absolute Gasteiger partial charge is 0.255 e. The summed E-state index contributed by atoms with van der Waals surface area (Å²) < 4.78 is 29.1. The third kappa shape index (κ3) is 4.26. The van der Waals surface area contributed by atoms with Crippen LogP contribution in [0.5, 0.6) is 0 Å². The van der Waals surface area contributed by atoms with Gasteiger partial charge >= 0.3 is 0 Å². The molecule has 0 radical (unpaired) electrons. The number of likely N-dealkylation sites (tertiary alicyclic amines) is 1. The predicted molar refractivity (Wildman–Crippen MR) is 140 cm³/mol. The van der Waals surface area contributed by atoms with Crippen LogP contribution in [0.1, 0.15) is 38.7 Å². The molecule has 196 valence electrons. The van der Waals surface area contributed by atoms with Crippen molar-refractivity contribution in [3.63, 3.8) is 0 Å². The highest BCUT2D eigenvalue weighted by molar-refractivity contribution is 6.15. The largest absolute Gasteiger partial charge is 0.380 e. The number of amides is 2. The predicted octanol–water partition coefficient (Wildman–Crippen LogP) is 4.53. The van der Waals surface area contributed by atoms with E-state index in [0.29, 0.717) is 50.3 Å². The Morgan fingerprint density at radius 1 is 1.03 bits per heavy atom. The summed E-state index contributed by atoms with van der Waals surface area (Å²) in [5, 5.41) is 11.8. The molecule has 3 aliphatic rings. The van der Waals surface area contributed by atoms with E-state index < -0.39 is 17.0 Å². The monoisotopic (exact) mass is 517 g/mol. The van der Waals surface area contributed by atoms with Crippen molar-refractivity contribution in [2.75, 3.05) is 19.6 Å². The molecule has 1 N–H and O–H groups in total. The maximum Gasteiger partial charge on any atom is 0.255 e. The molecule has 1 aliphatic carbocycles. The topological polar surface area (TPSA) is 73.2 Å². The minimum absolute atomic E-state index is 0.00845. The molecule has 6 nitrogen and oxygen atoms in total. The quantitative estimate of drug-likeness (QED) is 0.541. The van der Waals surface area contributed by atoms with Crippen molar-refractivity contribution in [1.82, 2.24) is 9.80 Å². The fourth-order valence-corrected chi connectivity index (χ4v) is 5.50. The van der Waals surface area contributed by atoms with Gasteiger partial charge < -0.3 is 10.0 Å². The summed E-state index contributed by atoms with van der Waals surface area (Å²) in [6, 6.07) is 15.0. The van der Waals surface area contributed by atoms with Crippen LogP contribution in [0.25, 0.3) is 21.9 Å². The molecule has 6 rings (SSSR count). The van der Waals surface area contributed by atoms with Gasteiger partial charge in [0.15, 0.2) is 0 Å². The van der Waals surface area contributed by atoms with Crippen molar-refractivity contribution in [3.8, 4) is 11.1 Å². The first-order chi connectivity index (χ1) is 18.0. The van der Waals surface area contributed by atoms with Crippen LogP contribution in [0, 0.1) is 17.6 Å². The van der Waals surface area contributed by atoms with Crippen molar-refractivity contribution >= 4 is 28.4 Å². The number of hydrogen-bond acceptors (Lipinski definition) is 4. The molecule has 1 saturated carbocycles. The summed E-state index contributed by atoms with van der Waals surface area (Å²) in [6.45, 7) is 4.74. The molecule has 8 heteroatoms. The minimum Gasteiger partial charge on any atom is -0.380 e. The molecule has 38 heavy (non-hydrogen) atoms. The van der Waals surface area contributed by atoms with E-state index in [-0.39, 0.29) is 29.1 Å². The zero-order chi connectivity index (χ0) is 26.8. The summed E-state index contributed by atoms with van der Waals surface area (Å²) in [5.41, 5.74) is -0.529. The van der Waals surface area contributed by atoms with Crippen LogP contribution in [0.4, 0.5) is 8.78 Å². The molecule has 0 bridgehead atoms. The summed E-state index contributed by atoms with van der Waals surface area (Å²) in [5.74, 6) is -0.934. The number of carbonyl (C=O) groups excluding carboxylic acids is 2. The molecular weight excluding hydrogens is 488 g/mol. The van der Waals surface area contributed by atoms with E-state index in [9.17, 15) is 19.1 Å². The first-order valence-electron chi connectivity index (χ1n) is 13.0. The van der Waals surface area contributed by atoms with Crippen molar-refractivity contribution in [2.45, 2.75) is 44.2 Å². The number of hydrogen-bond donors (Lipinski definition) is 1. The van der Waals surface area contributed by atoms with Gasteiger partial charge in [-0.25, -0.2) is 8.78 Å². The number of halogens is 2. The van der Waals surface area contributed by atoms with Gasteiger partial charge in [-0.05, 0) is 91.3 Å². The SMILES string of the molecule is CC1(C)N=C(c2ccc(-c3ccc4cc(F)ccc4c3)cc2F)N(CC2CCN(C(=O)C3(O)CC3)C2)C1=O. The van der Waals surface area contributed by atoms with E-state index in [1.165, 1.54) is 18.2 Å². The Balaban J connectivity index is 1.25. The van der Waals surface area contributed by atoms with Crippen molar-refractivity contribution in [3.05, 3.63) is 71.8 Å². The molecule has 2 heterocycles. The highest BCUT2D eigenvalue weighted by Crippen LogP contribution is 2.38. The lowest BCUT2D eigenvalue weighted by atomic mass is 9.99. The van der Waals surface area contributed by atoms with Crippen molar-refractivity contribution in [2.24, 2.45) is 10.9 Å². The molecule has 3 aromatic carbocycles. The number of nitrogens with zero attached hydrogens (tertiary/aromatic N) is 3. The standard InChI is InChI=1S/C30H29F2N3O3/c1-29(2)27(36)35(17-18-9-12-34(16-18)28(37)30(38)10-11-30)26(33-29)24-8-6-22(15-25(24)32)19-3-4-21-14-23(31)7-5-20(21)13-19/h3-8,13-15,18,38H,9-12,16-17H2,1-2H3. The maximum atomic E-state index is 15.6. The van der Waals surface area contributed by atoms with E-state index in [2.05, 4.69) is 4.99 Å². The lowest BCUT2D eigenvalue weighted by Gasteiger charge is -2.25. The fourth-order valence-electron chi connectivity index (χ4n) is 5.50. The summed E-state index contributed by atoms with van der Waals surface area (Å²) in [6.07, 6.45) is 1.69. The van der Waals surface area contributed by atoms with Crippen LogP contribution < -0.4 is 0 Å². The van der Waals surface area contributed by atoms with Crippen LogP contribution in [0.3, 0.4) is 0 Å². The zero-order valence-electron chi connectivity index (χ0n) is 21.4. The van der Waals surface area contributed by atoms with Crippen LogP contribution in [0.15, 0.2) is 59.6 Å². The second-order valence-corrected chi connectivity index (χ2v) is 11.2. The Bertz CT molecular complexity index is 1510. The number of amidine groups is 1. The van der Waals surface area contributed by atoms with Crippen molar-refractivity contribution in [1.29, 1.82) is 0 Å². The third-order valence-corrected chi connectivity index (χ3v) is 7.89. The van der Waals surface area contributed by atoms with E-state index in [1.54, 1.807) is 47.9 Å². The minimum atomic E-state index is -1.21. The first-order valence-corrected chi connectivity index (χ1v) is 13.0. The Hall–Kier alpha value is -3.65. The van der Waals surface area contributed by atoms with Gasteiger partial charge in [-0.1, -0.05) is 24.3 Å². The Morgan fingerprint density at radius 2 is 1.71 bits per heavy atom. The number of aliphatic imine (C=N–C) groups is 1. The number of carbonyl (C=O) groups is 2. The highest BCUT2D eigenvalue weighted by atomic mass is 19.1. The van der Waals surface area contributed by atoms with E-state index >= 15 is 4.39 Å². The summed E-state index contributed by atoms with van der Waals surface area (Å²) in [7, 11) is 0. The van der Waals surface area contributed by atoms with Gasteiger partial charge in [0, 0.05) is 19.6 Å². The van der Waals surface area contributed by atoms with Crippen LogP contribution in [-0.4, -0.2) is 63.3 Å². The van der Waals surface area contributed by atoms with Crippen LogP contribution in [0.2, 0.25) is 0 Å². The van der Waals surface area contributed by atoms with Gasteiger partial charge in [0.25, 0.3) is 11.8 Å². The van der Waals surface area contributed by atoms with Gasteiger partial charge in [-0.15, -0.1) is 0 Å². The maximum absolute atomic E-state index is 15.6. The molecule has 2 aliphatic heterocycles. The number of benzene rings is 3. The van der Waals surface area contributed by atoms with Gasteiger partial charge in [0.1, 0.15) is 28.6 Å². The average Bonchev–Trinajstić information content (AvgIpc) is 3.39. The molecule has 1 saturated heterocycles. The van der Waals surface area contributed by atoms with Crippen LogP contribution in [-0.2, 0) is 9.59 Å². The molecule has 1 atom stereocenters. The number of fused-ring (bicyclic) bond motifs is 1. The first kappa shape index (κ1) is 24.7. The molecule has 0 aromatic heterocycles. The number of aliphatic hydroxyl groups is 1. The summed E-state index contributed by atoms with van der Waals surface area (Å²) in [4.78, 5) is 33.7. The highest BCUT2D eigenvalue weighted by Gasteiger charge is 2.51. The lowest BCUT2D eigenvalue weighted by molar-refractivity contribution is -0.141. The van der Waals surface area contributed by atoms with Gasteiger partial charge in [0.05, 0.1) is 5.56 Å². The normalized spacial score (nSPS) is 21.8. The molecule has 2 fully saturated rings. The second-order valence-electron chi connectivity index (χ2n) is 11.2. The third-order valence-electron chi connectivity index (χ3n) is 7.89. The molecular formula is C30H29F2N3O3. The number of rotatable bonds is 5. The summed E-state index contributed by atoms with van der Waals surface area (Å²) >= 11 is 0. The second kappa shape index (κ2) is 8.70. The van der Waals surface area contributed by atoms with E-state index in [4.69, 9.17) is 0 Å². The molecule has 2 amide bonds. The van der Waals surface area contributed by atoms with Gasteiger partial charge in [0.2, 0.25) is 0 Å². The van der Waals surface area contributed by atoms with Gasteiger partial charge in [-0.2, -0.15) is 0 Å². The fraction of sp³-hybridized carbons (Fsp3) is 0.367. The molecule has 3 aromatic rings. The lowest BCUT2D eigenvalue weighted by Crippen LogP contribution is -2.43. The molecule has 1 unspecified atom stereocenters. The van der Waals surface area contributed by atoms with Gasteiger partial charge in [-0.3, -0.25) is 19.5 Å². The Kier molecular flexibility index (Phi) is 5.65. The Morgan fingerprint density at radius 3 is 2.45 bits per heavy atom. The van der Waals surface area contributed by atoms with E-state index in [0.717, 1.165) is 16.3 Å². The zero-order valence-corrected chi connectivity index (χ0v) is 21.4. The van der Waals surface area contributed by atoms with E-state index in [1.807, 2.05) is 12.1 Å². The Labute approximate surface area is 219 Å². The average molecular weight is 518 g/mol. The van der Waals surface area contributed by atoms with Crippen molar-refractivity contribution < 1.29 is 23.5 Å². The van der Waals surface area contributed by atoms with Crippen LogP contribution >= 0.6 is 0 Å². The molecule has 0 spiro atoms.